The molecule has 1 amide bonds. The van der Waals surface area contributed by atoms with Crippen molar-refractivity contribution < 1.29 is 28.9 Å². The van der Waals surface area contributed by atoms with Gasteiger partial charge in [0.05, 0.1) is 13.2 Å². The minimum Gasteiger partial charge on any atom is -0.493 e. The average Bonchev–Trinajstić information content (AvgIpc) is 3.03. The number of carboxylic acid groups (broad SMARTS) is 1. The van der Waals surface area contributed by atoms with Gasteiger partial charge in [-0.3, -0.25) is 4.79 Å². The molecule has 24 heavy (non-hydrogen) atoms. The standard InChI is InChI=1S/C17H21NO6/c1-4-7-24-14-6-5-11(8-15(14)23-3)16(19)18-10-12(22-2)9-13(18)17(20)21/h4-6,8,12-13H,1,7,9-10H2,2-3H3,(H,20,21). The Morgan fingerprint density at radius 2 is 2.12 bits per heavy atom. The molecule has 2 rings (SSSR count). The third kappa shape index (κ3) is 3.68. The zero-order chi connectivity index (χ0) is 17.7. The molecule has 2 atom stereocenters. The van der Waals surface area contributed by atoms with Gasteiger partial charge in [-0.15, -0.1) is 0 Å². The van der Waals surface area contributed by atoms with Crippen LogP contribution in [0, 0.1) is 0 Å². The number of nitrogens with zero attached hydrogens (tertiary/aromatic N) is 1. The smallest absolute Gasteiger partial charge is 0.326 e. The first-order chi connectivity index (χ1) is 11.5. The maximum absolute atomic E-state index is 12.7. The number of likely N-dealkylation sites (tertiary alicyclic amines) is 1. The van der Waals surface area contributed by atoms with Crippen molar-refractivity contribution >= 4 is 11.9 Å². The molecule has 7 heteroatoms. The van der Waals surface area contributed by atoms with Crippen LogP contribution in [-0.2, 0) is 9.53 Å². The highest BCUT2D eigenvalue weighted by atomic mass is 16.5. The molecule has 1 aromatic carbocycles. The van der Waals surface area contributed by atoms with Crippen LogP contribution in [0.2, 0.25) is 0 Å². The number of carbonyl (C=O) groups excluding carboxylic acids is 1. The van der Waals surface area contributed by atoms with Crippen molar-refractivity contribution in [1.82, 2.24) is 4.90 Å². The van der Waals surface area contributed by atoms with E-state index in [2.05, 4.69) is 6.58 Å². The first-order valence-corrected chi connectivity index (χ1v) is 7.50. The fourth-order valence-corrected chi connectivity index (χ4v) is 2.66. The van der Waals surface area contributed by atoms with Crippen molar-refractivity contribution in [2.75, 3.05) is 27.4 Å². The molecule has 2 unspecified atom stereocenters. The number of methoxy groups -OCH3 is 2. The summed E-state index contributed by atoms with van der Waals surface area (Å²) >= 11 is 0. The third-order valence-electron chi connectivity index (χ3n) is 3.91. The number of benzene rings is 1. The van der Waals surface area contributed by atoms with Gasteiger partial charge in [0.15, 0.2) is 11.5 Å². The Bertz CT molecular complexity index is 630. The van der Waals surface area contributed by atoms with Crippen LogP contribution >= 0.6 is 0 Å². The summed E-state index contributed by atoms with van der Waals surface area (Å²) < 4.78 is 15.9. The van der Waals surface area contributed by atoms with Crippen LogP contribution < -0.4 is 9.47 Å². The van der Waals surface area contributed by atoms with Crippen LogP contribution in [0.3, 0.4) is 0 Å². The Morgan fingerprint density at radius 1 is 1.38 bits per heavy atom. The van der Waals surface area contributed by atoms with E-state index in [1.807, 2.05) is 0 Å². The number of rotatable bonds is 7. The molecule has 1 saturated heterocycles. The Morgan fingerprint density at radius 3 is 2.71 bits per heavy atom. The molecule has 0 spiro atoms. The monoisotopic (exact) mass is 335 g/mol. The van der Waals surface area contributed by atoms with E-state index in [0.29, 0.717) is 23.7 Å². The predicted octanol–water partition coefficient (Wildman–Crippen LogP) is 1.57. The van der Waals surface area contributed by atoms with Gasteiger partial charge in [0.1, 0.15) is 12.6 Å². The average molecular weight is 335 g/mol. The lowest BCUT2D eigenvalue weighted by atomic mass is 10.1. The molecule has 1 fully saturated rings. The second-order valence-corrected chi connectivity index (χ2v) is 5.37. The molecule has 0 bridgehead atoms. The van der Waals surface area contributed by atoms with Crippen LogP contribution in [0.4, 0.5) is 0 Å². The lowest BCUT2D eigenvalue weighted by Gasteiger charge is -2.21. The highest BCUT2D eigenvalue weighted by molar-refractivity contribution is 5.97. The molecule has 1 aliphatic heterocycles. The molecule has 0 aromatic heterocycles. The Kier molecular flexibility index (Phi) is 5.81. The van der Waals surface area contributed by atoms with Gasteiger partial charge < -0.3 is 24.2 Å². The van der Waals surface area contributed by atoms with Crippen LogP contribution in [0.15, 0.2) is 30.9 Å². The molecule has 1 aliphatic rings. The topological polar surface area (TPSA) is 85.3 Å². The van der Waals surface area contributed by atoms with Gasteiger partial charge in [0.2, 0.25) is 0 Å². The van der Waals surface area contributed by atoms with Gasteiger partial charge in [-0.2, -0.15) is 0 Å². The van der Waals surface area contributed by atoms with E-state index >= 15 is 0 Å². The Balaban J connectivity index is 2.25. The number of carbonyl (C=O) groups is 2. The summed E-state index contributed by atoms with van der Waals surface area (Å²) in [6, 6.07) is 3.85. The maximum atomic E-state index is 12.7. The summed E-state index contributed by atoms with van der Waals surface area (Å²) in [5, 5.41) is 9.33. The maximum Gasteiger partial charge on any atom is 0.326 e. The molecule has 1 heterocycles. The van der Waals surface area contributed by atoms with Gasteiger partial charge >= 0.3 is 5.97 Å². The van der Waals surface area contributed by atoms with Crippen molar-refractivity contribution in [1.29, 1.82) is 0 Å². The van der Waals surface area contributed by atoms with Crippen LogP contribution in [0.1, 0.15) is 16.8 Å². The van der Waals surface area contributed by atoms with Gasteiger partial charge in [-0.1, -0.05) is 12.7 Å². The second kappa shape index (κ2) is 7.83. The zero-order valence-electron chi connectivity index (χ0n) is 13.7. The van der Waals surface area contributed by atoms with Crippen molar-refractivity contribution in [3.8, 4) is 11.5 Å². The molecule has 0 saturated carbocycles. The predicted molar refractivity (Wildman–Crippen MR) is 86.6 cm³/mol. The molecular formula is C17H21NO6. The first-order valence-electron chi connectivity index (χ1n) is 7.50. The van der Waals surface area contributed by atoms with Crippen LogP contribution in [0.25, 0.3) is 0 Å². The summed E-state index contributed by atoms with van der Waals surface area (Å²) in [6.45, 7) is 4.13. The third-order valence-corrected chi connectivity index (χ3v) is 3.91. The number of hydrogen-bond acceptors (Lipinski definition) is 5. The molecular weight excluding hydrogens is 314 g/mol. The number of aliphatic carboxylic acids is 1. The minimum absolute atomic E-state index is 0.239. The number of hydrogen-bond donors (Lipinski definition) is 1. The highest BCUT2D eigenvalue weighted by Gasteiger charge is 2.40. The summed E-state index contributed by atoms with van der Waals surface area (Å²) in [5.41, 5.74) is 0.334. The number of ether oxygens (including phenoxy) is 3. The molecule has 7 nitrogen and oxygen atoms in total. The van der Waals surface area contributed by atoms with Crippen molar-refractivity contribution in [2.24, 2.45) is 0 Å². The molecule has 0 radical (unpaired) electrons. The van der Waals surface area contributed by atoms with Gasteiger partial charge in [0.25, 0.3) is 5.91 Å². The lowest BCUT2D eigenvalue weighted by molar-refractivity contribution is -0.141. The SMILES string of the molecule is C=CCOc1ccc(C(=O)N2CC(OC)CC2C(=O)O)cc1OC. The van der Waals surface area contributed by atoms with Crippen molar-refractivity contribution in [2.45, 2.75) is 18.6 Å². The highest BCUT2D eigenvalue weighted by Crippen LogP contribution is 2.30. The summed E-state index contributed by atoms with van der Waals surface area (Å²) in [4.78, 5) is 25.4. The largest absolute Gasteiger partial charge is 0.493 e. The van der Waals surface area contributed by atoms with E-state index < -0.39 is 12.0 Å². The summed E-state index contributed by atoms with van der Waals surface area (Å²) in [6.07, 6.45) is 1.59. The number of carboxylic acids is 1. The molecule has 130 valence electrons. The Hall–Kier alpha value is -2.54. The fourth-order valence-electron chi connectivity index (χ4n) is 2.66. The lowest BCUT2D eigenvalue weighted by Crippen LogP contribution is -2.40. The van der Waals surface area contributed by atoms with E-state index in [4.69, 9.17) is 14.2 Å². The minimum atomic E-state index is -1.04. The summed E-state index contributed by atoms with van der Waals surface area (Å²) in [7, 11) is 2.98. The Labute approximate surface area is 140 Å². The van der Waals surface area contributed by atoms with Gasteiger partial charge in [0, 0.05) is 25.6 Å². The van der Waals surface area contributed by atoms with Gasteiger partial charge in [-0.05, 0) is 18.2 Å². The fraction of sp³-hybridized carbons (Fsp3) is 0.412. The molecule has 1 N–H and O–H groups in total. The normalized spacial score (nSPS) is 19.8. The van der Waals surface area contributed by atoms with Crippen LogP contribution in [0.5, 0.6) is 11.5 Å². The van der Waals surface area contributed by atoms with E-state index in [1.165, 1.54) is 19.1 Å². The molecule has 1 aromatic rings. The summed E-state index contributed by atoms with van der Waals surface area (Å²) in [5.74, 6) is -0.534. The van der Waals surface area contributed by atoms with E-state index in [0.717, 1.165) is 0 Å². The first kappa shape index (κ1) is 17.8. The van der Waals surface area contributed by atoms with E-state index in [9.17, 15) is 14.7 Å². The van der Waals surface area contributed by atoms with Crippen molar-refractivity contribution in [3.05, 3.63) is 36.4 Å². The second-order valence-electron chi connectivity index (χ2n) is 5.37. The van der Waals surface area contributed by atoms with E-state index in [-0.39, 0.29) is 25.0 Å². The van der Waals surface area contributed by atoms with Gasteiger partial charge in [-0.25, -0.2) is 4.79 Å². The zero-order valence-corrected chi connectivity index (χ0v) is 13.7. The van der Waals surface area contributed by atoms with E-state index in [1.54, 1.807) is 24.3 Å². The molecule has 0 aliphatic carbocycles. The quantitative estimate of drug-likeness (QED) is 0.762. The van der Waals surface area contributed by atoms with Crippen LogP contribution in [-0.4, -0.2) is 61.4 Å². The van der Waals surface area contributed by atoms with Crippen molar-refractivity contribution in [3.63, 3.8) is 0 Å². The number of amides is 1.